The molecule has 1 heterocycles. The van der Waals surface area contributed by atoms with Gasteiger partial charge in [-0.2, -0.15) is 8.78 Å². The maximum absolute atomic E-state index is 12.7. The van der Waals surface area contributed by atoms with Crippen molar-refractivity contribution in [1.29, 1.82) is 0 Å². The predicted molar refractivity (Wildman–Crippen MR) is 70.7 cm³/mol. The minimum absolute atomic E-state index is 0.103. The van der Waals surface area contributed by atoms with E-state index in [1.54, 1.807) is 13.8 Å². The first kappa shape index (κ1) is 15.0. The largest absolute Gasteiger partial charge is 0.485 e. The van der Waals surface area contributed by atoms with E-state index in [9.17, 15) is 13.6 Å². The lowest BCUT2D eigenvalue weighted by Gasteiger charge is -2.13. The highest BCUT2D eigenvalue weighted by Gasteiger charge is 2.14. The van der Waals surface area contributed by atoms with Crippen LogP contribution in [0.1, 0.15) is 33.9 Å². The van der Waals surface area contributed by atoms with E-state index in [0.717, 1.165) is 4.57 Å². The summed E-state index contributed by atoms with van der Waals surface area (Å²) in [5.74, 6) is -0.448. The Balaban J connectivity index is 2.20. The molecule has 1 aromatic heterocycles. The molecule has 0 aliphatic carbocycles. The summed E-state index contributed by atoms with van der Waals surface area (Å²) in [4.78, 5) is 14.8. The van der Waals surface area contributed by atoms with E-state index in [1.807, 2.05) is 0 Å². The van der Waals surface area contributed by atoms with Gasteiger partial charge in [0.1, 0.15) is 12.4 Å². The van der Waals surface area contributed by atoms with Crippen LogP contribution in [-0.2, 0) is 6.61 Å². The van der Waals surface area contributed by atoms with Crippen molar-refractivity contribution in [3.8, 4) is 5.75 Å². The second-order valence-corrected chi connectivity index (χ2v) is 4.56. The Morgan fingerprint density at radius 1 is 1.38 bits per heavy atom. The zero-order chi connectivity index (χ0) is 15.6. The third-order valence-corrected chi connectivity index (χ3v) is 3.01. The van der Waals surface area contributed by atoms with Crippen molar-refractivity contribution >= 4 is 5.97 Å². The minimum Gasteiger partial charge on any atom is -0.485 e. The lowest BCUT2D eigenvalue weighted by molar-refractivity contribution is 0.0630. The first-order chi connectivity index (χ1) is 9.90. The van der Waals surface area contributed by atoms with Crippen LogP contribution < -0.4 is 4.74 Å². The van der Waals surface area contributed by atoms with Crippen molar-refractivity contribution in [2.75, 3.05) is 0 Å². The standard InChI is InChI=1S/C14H14F2N2O3/c1-8-5-10(13(19)20)6-9(2)12(8)21-7-11-17-3-4-18(11)14(15)16/h3-6,14H,7H2,1-2H3,(H,19,20). The van der Waals surface area contributed by atoms with E-state index < -0.39 is 12.5 Å². The summed E-state index contributed by atoms with van der Waals surface area (Å²) in [6, 6.07) is 2.95. The van der Waals surface area contributed by atoms with Crippen LogP contribution >= 0.6 is 0 Å². The molecule has 2 aromatic rings. The van der Waals surface area contributed by atoms with Crippen molar-refractivity contribution in [1.82, 2.24) is 9.55 Å². The van der Waals surface area contributed by atoms with Gasteiger partial charge in [-0.3, -0.25) is 4.57 Å². The zero-order valence-electron chi connectivity index (χ0n) is 11.5. The Morgan fingerprint density at radius 2 is 2.00 bits per heavy atom. The van der Waals surface area contributed by atoms with Gasteiger partial charge in [0, 0.05) is 12.4 Å². The molecule has 7 heteroatoms. The number of imidazole rings is 1. The normalized spacial score (nSPS) is 10.9. The summed E-state index contributed by atoms with van der Waals surface area (Å²) < 4.78 is 31.6. The summed E-state index contributed by atoms with van der Waals surface area (Å²) in [5, 5.41) is 8.96. The van der Waals surface area contributed by atoms with Gasteiger partial charge in [-0.15, -0.1) is 0 Å². The van der Waals surface area contributed by atoms with Crippen LogP contribution in [0.15, 0.2) is 24.5 Å². The van der Waals surface area contributed by atoms with Crippen LogP contribution in [0.25, 0.3) is 0 Å². The molecule has 0 amide bonds. The number of hydrogen-bond acceptors (Lipinski definition) is 3. The molecule has 0 radical (unpaired) electrons. The van der Waals surface area contributed by atoms with E-state index in [4.69, 9.17) is 9.84 Å². The molecule has 1 N–H and O–H groups in total. The van der Waals surface area contributed by atoms with Crippen LogP contribution in [0, 0.1) is 13.8 Å². The number of aromatic carboxylic acids is 1. The smallest absolute Gasteiger partial charge is 0.335 e. The van der Waals surface area contributed by atoms with Crippen LogP contribution in [-0.4, -0.2) is 20.6 Å². The highest BCUT2D eigenvalue weighted by atomic mass is 19.3. The van der Waals surface area contributed by atoms with Gasteiger partial charge in [0.25, 0.3) is 0 Å². The number of halogens is 2. The summed E-state index contributed by atoms with van der Waals surface area (Å²) in [5.41, 5.74) is 1.41. The highest BCUT2D eigenvalue weighted by molar-refractivity contribution is 5.88. The SMILES string of the molecule is Cc1cc(C(=O)O)cc(C)c1OCc1nccn1C(F)F. The highest BCUT2D eigenvalue weighted by Crippen LogP contribution is 2.26. The van der Waals surface area contributed by atoms with Crippen LogP contribution in [0.3, 0.4) is 0 Å². The number of hydrogen-bond donors (Lipinski definition) is 1. The van der Waals surface area contributed by atoms with Crippen molar-refractivity contribution in [3.05, 3.63) is 47.0 Å². The Hall–Kier alpha value is -2.44. The van der Waals surface area contributed by atoms with Crippen molar-refractivity contribution in [3.63, 3.8) is 0 Å². The number of carbonyl (C=O) groups is 1. The number of benzene rings is 1. The van der Waals surface area contributed by atoms with Gasteiger partial charge in [-0.05, 0) is 37.1 Å². The fourth-order valence-corrected chi connectivity index (χ4v) is 2.07. The van der Waals surface area contributed by atoms with Crippen LogP contribution in [0.5, 0.6) is 5.75 Å². The molecule has 0 fully saturated rings. The van der Waals surface area contributed by atoms with E-state index in [-0.39, 0.29) is 18.0 Å². The Kier molecular flexibility index (Phi) is 4.21. The lowest BCUT2D eigenvalue weighted by atomic mass is 10.1. The van der Waals surface area contributed by atoms with E-state index >= 15 is 0 Å². The average Bonchev–Trinajstić information content (AvgIpc) is 2.86. The number of aryl methyl sites for hydroxylation is 2. The molecule has 112 valence electrons. The van der Waals surface area contributed by atoms with E-state index in [0.29, 0.717) is 16.9 Å². The lowest BCUT2D eigenvalue weighted by Crippen LogP contribution is -2.09. The first-order valence-corrected chi connectivity index (χ1v) is 6.17. The molecule has 0 atom stereocenters. The molecule has 0 spiro atoms. The quantitative estimate of drug-likeness (QED) is 0.920. The molecule has 21 heavy (non-hydrogen) atoms. The minimum atomic E-state index is -2.68. The predicted octanol–water partition coefficient (Wildman–Crippen LogP) is 3.17. The van der Waals surface area contributed by atoms with Gasteiger partial charge in [0.2, 0.25) is 0 Å². The number of ether oxygens (including phenoxy) is 1. The number of alkyl halides is 2. The van der Waals surface area contributed by atoms with Crippen molar-refractivity contribution in [2.45, 2.75) is 27.0 Å². The van der Waals surface area contributed by atoms with Crippen LogP contribution in [0.2, 0.25) is 0 Å². The second-order valence-electron chi connectivity index (χ2n) is 4.56. The summed E-state index contributed by atoms with van der Waals surface area (Å²) in [6.45, 7) is 0.608. The Bertz CT molecular complexity index is 645. The number of nitrogens with zero attached hydrogens (tertiary/aromatic N) is 2. The third-order valence-electron chi connectivity index (χ3n) is 3.01. The number of carboxylic acids is 1. The van der Waals surface area contributed by atoms with E-state index in [2.05, 4.69) is 4.98 Å². The monoisotopic (exact) mass is 296 g/mol. The number of aromatic nitrogens is 2. The molecule has 1 aromatic carbocycles. The molecule has 0 aliphatic heterocycles. The number of carboxylic acid groups (broad SMARTS) is 1. The average molecular weight is 296 g/mol. The Labute approximate surface area is 119 Å². The number of rotatable bonds is 5. The fraction of sp³-hybridized carbons (Fsp3) is 0.286. The zero-order valence-corrected chi connectivity index (χ0v) is 11.5. The molecule has 2 rings (SSSR count). The topological polar surface area (TPSA) is 64.3 Å². The Morgan fingerprint density at radius 3 is 2.52 bits per heavy atom. The second kappa shape index (κ2) is 5.90. The van der Waals surface area contributed by atoms with Gasteiger partial charge < -0.3 is 9.84 Å². The summed E-state index contributed by atoms with van der Waals surface area (Å²) >= 11 is 0. The molecule has 0 saturated carbocycles. The summed E-state index contributed by atoms with van der Waals surface area (Å²) in [7, 11) is 0. The van der Waals surface area contributed by atoms with Gasteiger partial charge in [-0.25, -0.2) is 9.78 Å². The van der Waals surface area contributed by atoms with Crippen molar-refractivity contribution < 1.29 is 23.4 Å². The first-order valence-electron chi connectivity index (χ1n) is 6.17. The maximum atomic E-state index is 12.7. The molecule has 0 bridgehead atoms. The molecule has 0 unspecified atom stereocenters. The molecule has 5 nitrogen and oxygen atoms in total. The van der Waals surface area contributed by atoms with Gasteiger partial charge in [-0.1, -0.05) is 0 Å². The third kappa shape index (κ3) is 3.18. The van der Waals surface area contributed by atoms with Gasteiger partial charge in [0.15, 0.2) is 5.82 Å². The van der Waals surface area contributed by atoms with Gasteiger partial charge in [0.05, 0.1) is 5.56 Å². The van der Waals surface area contributed by atoms with Gasteiger partial charge >= 0.3 is 12.5 Å². The molecular formula is C14H14F2N2O3. The van der Waals surface area contributed by atoms with Crippen molar-refractivity contribution in [2.24, 2.45) is 0 Å². The molecule has 0 aliphatic rings. The van der Waals surface area contributed by atoms with E-state index in [1.165, 1.54) is 24.5 Å². The summed E-state index contributed by atoms with van der Waals surface area (Å²) in [6.07, 6.45) is 2.45. The van der Waals surface area contributed by atoms with Crippen LogP contribution in [0.4, 0.5) is 8.78 Å². The fourth-order valence-electron chi connectivity index (χ4n) is 2.07. The maximum Gasteiger partial charge on any atom is 0.335 e. The molecular weight excluding hydrogens is 282 g/mol. The molecule has 0 saturated heterocycles.